The topological polar surface area (TPSA) is 34.4 Å². The normalized spacial score (nSPS) is 28.0. The number of imidazole rings is 1. The molecule has 4 bridgehead atoms. The number of hydrogen-bond donors (Lipinski definition) is 0. The molecular formula is C29H33ClN2O. The number of nitrogens with zero attached hydrogens (tertiary/aromatic N) is 2. The second-order valence-corrected chi connectivity index (χ2v) is 11.3. The minimum absolute atomic E-state index is 0.152. The molecule has 4 aliphatic carbocycles. The number of carbonyl (C=O) groups is 1. The average Bonchev–Trinajstić information content (AvgIpc) is 3.18. The molecule has 7 rings (SSSR count). The van der Waals surface area contributed by atoms with Gasteiger partial charge in [-0.25, -0.2) is 4.98 Å². The van der Waals surface area contributed by atoms with Crippen LogP contribution in [0, 0.1) is 29.6 Å². The Morgan fingerprint density at radius 1 is 1.00 bits per heavy atom. The molecule has 3 nitrogen and oxygen atoms in total. The van der Waals surface area contributed by atoms with Crippen LogP contribution < -0.4 is 0 Å². The summed E-state index contributed by atoms with van der Waals surface area (Å²) in [6.07, 6.45) is 12.6. The van der Waals surface area contributed by atoms with Crippen LogP contribution in [0.3, 0.4) is 0 Å². The first-order valence-corrected chi connectivity index (χ1v) is 13.2. The SMILES string of the molecule is CCc1nc2cc(Cl)ccn2c1C(=O)CCc1ccc(CC2C3CC4CC(C3)CC2C4)cc1. The van der Waals surface area contributed by atoms with Gasteiger partial charge in [0.2, 0.25) is 0 Å². The van der Waals surface area contributed by atoms with Crippen molar-refractivity contribution < 1.29 is 4.79 Å². The fourth-order valence-electron chi connectivity index (χ4n) is 7.47. The molecular weight excluding hydrogens is 428 g/mol. The van der Waals surface area contributed by atoms with Gasteiger partial charge < -0.3 is 0 Å². The van der Waals surface area contributed by atoms with Crippen molar-refractivity contribution in [2.24, 2.45) is 29.6 Å². The van der Waals surface area contributed by atoms with E-state index < -0.39 is 0 Å². The lowest BCUT2D eigenvalue weighted by molar-refractivity contribution is -0.0360. The summed E-state index contributed by atoms with van der Waals surface area (Å²) in [5, 5.41) is 0.642. The highest BCUT2D eigenvalue weighted by atomic mass is 35.5. The highest BCUT2D eigenvalue weighted by molar-refractivity contribution is 6.30. The van der Waals surface area contributed by atoms with Gasteiger partial charge >= 0.3 is 0 Å². The van der Waals surface area contributed by atoms with Crippen molar-refractivity contribution in [1.82, 2.24) is 9.38 Å². The van der Waals surface area contributed by atoms with Crippen LogP contribution in [0.15, 0.2) is 42.6 Å². The number of ketones is 1. The Morgan fingerprint density at radius 3 is 2.33 bits per heavy atom. The number of Topliss-reactive ketones (excluding diaryl/α,β-unsaturated/α-hetero) is 1. The maximum absolute atomic E-state index is 13.1. The minimum atomic E-state index is 0.152. The molecule has 0 unspecified atom stereocenters. The van der Waals surface area contributed by atoms with E-state index in [-0.39, 0.29) is 5.78 Å². The Bertz CT molecular complexity index is 1150. The monoisotopic (exact) mass is 460 g/mol. The Kier molecular flexibility index (Phi) is 5.57. The van der Waals surface area contributed by atoms with E-state index >= 15 is 0 Å². The van der Waals surface area contributed by atoms with Gasteiger partial charge in [0.15, 0.2) is 5.78 Å². The van der Waals surface area contributed by atoms with Crippen molar-refractivity contribution >= 4 is 23.0 Å². The van der Waals surface area contributed by atoms with Gasteiger partial charge in [0.25, 0.3) is 0 Å². The van der Waals surface area contributed by atoms with Crippen LogP contribution in [0.1, 0.15) is 72.8 Å². The van der Waals surface area contributed by atoms with Crippen LogP contribution in [-0.2, 0) is 19.3 Å². The van der Waals surface area contributed by atoms with Crippen LogP contribution in [0.2, 0.25) is 5.02 Å². The van der Waals surface area contributed by atoms with E-state index in [0.717, 1.165) is 53.8 Å². The van der Waals surface area contributed by atoms with Crippen LogP contribution >= 0.6 is 11.6 Å². The fraction of sp³-hybridized carbons (Fsp3) is 0.517. The summed E-state index contributed by atoms with van der Waals surface area (Å²) in [4.78, 5) is 17.8. The largest absolute Gasteiger partial charge is 0.297 e. The van der Waals surface area contributed by atoms with Gasteiger partial charge in [-0.1, -0.05) is 42.8 Å². The second kappa shape index (κ2) is 8.58. The predicted molar refractivity (Wildman–Crippen MR) is 133 cm³/mol. The van der Waals surface area contributed by atoms with Crippen molar-refractivity contribution in [3.8, 4) is 0 Å². The Morgan fingerprint density at radius 2 is 1.67 bits per heavy atom. The Hall–Kier alpha value is -2.13. The maximum Gasteiger partial charge on any atom is 0.181 e. The zero-order valence-corrected chi connectivity index (χ0v) is 20.2. The predicted octanol–water partition coefficient (Wildman–Crippen LogP) is 6.98. The molecule has 2 aromatic heterocycles. The quantitative estimate of drug-likeness (QED) is 0.356. The smallest absolute Gasteiger partial charge is 0.181 e. The molecule has 3 aromatic rings. The fourth-order valence-corrected chi connectivity index (χ4v) is 7.63. The number of pyridine rings is 1. The molecule has 4 heteroatoms. The standard InChI is InChI=1S/C29H33ClN2O/c1-2-26-29(32-10-9-24(30)17-28(32)31-26)27(33)8-7-18-3-5-19(6-4-18)16-25-22-12-20-11-21(14-22)15-23(25)13-20/h3-6,9-10,17,20-23,25H,2,7-8,11-16H2,1H3. The van der Waals surface area contributed by atoms with Gasteiger partial charge in [0, 0.05) is 23.7 Å². The summed E-state index contributed by atoms with van der Waals surface area (Å²) < 4.78 is 1.89. The number of rotatable bonds is 7. The van der Waals surface area contributed by atoms with Crippen molar-refractivity contribution in [3.05, 3.63) is 70.1 Å². The highest BCUT2D eigenvalue weighted by Gasteiger charge is 2.47. The Balaban J connectivity index is 1.11. The van der Waals surface area contributed by atoms with Crippen molar-refractivity contribution in [3.63, 3.8) is 0 Å². The molecule has 4 aliphatic rings. The van der Waals surface area contributed by atoms with Gasteiger partial charge in [-0.2, -0.15) is 0 Å². The zero-order chi connectivity index (χ0) is 22.5. The molecule has 0 saturated heterocycles. The van der Waals surface area contributed by atoms with E-state index in [1.165, 1.54) is 49.7 Å². The first-order valence-electron chi connectivity index (χ1n) is 12.8. The second-order valence-electron chi connectivity index (χ2n) is 10.9. The van der Waals surface area contributed by atoms with Gasteiger partial charge in [-0.15, -0.1) is 0 Å². The van der Waals surface area contributed by atoms with E-state index in [2.05, 4.69) is 29.2 Å². The zero-order valence-electron chi connectivity index (χ0n) is 19.5. The lowest BCUT2D eigenvalue weighted by atomic mass is 9.51. The third-order valence-electron chi connectivity index (χ3n) is 8.82. The van der Waals surface area contributed by atoms with E-state index in [9.17, 15) is 4.79 Å². The van der Waals surface area contributed by atoms with Crippen LogP contribution in [0.4, 0.5) is 0 Å². The molecule has 172 valence electrons. The van der Waals surface area contributed by atoms with Gasteiger partial charge in [-0.3, -0.25) is 9.20 Å². The lowest BCUT2D eigenvalue weighted by Crippen LogP contribution is -2.45. The molecule has 4 fully saturated rings. The summed E-state index contributed by atoms with van der Waals surface area (Å²) in [6, 6.07) is 12.8. The molecule has 0 N–H and O–H groups in total. The number of halogens is 1. The van der Waals surface area contributed by atoms with Crippen molar-refractivity contribution in [1.29, 1.82) is 0 Å². The number of benzene rings is 1. The lowest BCUT2D eigenvalue weighted by Gasteiger charge is -2.54. The van der Waals surface area contributed by atoms with Gasteiger partial charge in [-0.05, 0) is 98.1 Å². The van der Waals surface area contributed by atoms with Crippen LogP contribution in [-0.4, -0.2) is 15.2 Å². The summed E-state index contributed by atoms with van der Waals surface area (Å²) in [5.41, 5.74) is 5.04. The number of aromatic nitrogens is 2. The molecule has 0 radical (unpaired) electrons. The number of fused-ring (bicyclic) bond motifs is 1. The van der Waals surface area contributed by atoms with E-state index in [4.69, 9.17) is 11.6 Å². The summed E-state index contributed by atoms with van der Waals surface area (Å²) in [5.74, 6) is 5.10. The molecule has 0 aliphatic heterocycles. The molecule has 1 aromatic carbocycles. The molecule has 33 heavy (non-hydrogen) atoms. The van der Waals surface area contributed by atoms with E-state index in [1.54, 1.807) is 0 Å². The molecule has 0 amide bonds. The summed E-state index contributed by atoms with van der Waals surface area (Å²) >= 11 is 6.12. The number of hydrogen-bond acceptors (Lipinski definition) is 2. The minimum Gasteiger partial charge on any atom is -0.297 e. The Labute approximate surface area is 201 Å². The number of aryl methyl sites for hydroxylation is 2. The maximum atomic E-state index is 13.1. The summed E-state index contributed by atoms with van der Waals surface area (Å²) in [6.45, 7) is 2.04. The van der Waals surface area contributed by atoms with Gasteiger partial charge in [0.05, 0.1) is 5.69 Å². The molecule has 2 heterocycles. The number of carbonyl (C=O) groups excluding carboxylic acids is 1. The van der Waals surface area contributed by atoms with E-state index in [0.29, 0.717) is 17.1 Å². The molecule has 0 spiro atoms. The third kappa shape index (κ3) is 4.03. The van der Waals surface area contributed by atoms with E-state index in [1.807, 2.05) is 29.7 Å². The van der Waals surface area contributed by atoms with Crippen molar-refractivity contribution in [2.75, 3.05) is 0 Å². The van der Waals surface area contributed by atoms with Crippen molar-refractivity contribution in [2.45, 2.75) is 64.7 Å². The third-order valence-corrected chi connectivity index (χ3v) is 9.05. The van der Waals surface area contributed by atoms with Gasteiger partial charge in [0.1, 0.15) is 11.3 Å². The first-order chi connectivity index (χ1) is 16.1. The van der Waals surface area contributed by atoms with Crippen LogP contribution in [0.5, 0.6) is 0 Å². The first kappa shape index (κ1) is 21.4. The van der Waals surface area contributed by atoms with Crippen LogP contribution in [0.25, 0.3) is 5.65 Å². The summed E-state index contributed by atoms with van der Waals surface area (Å²) in [7, 11) is 0. The molecule has 4 saturated carbocycles. The average molecular weight is 461 g/mol. The molecule has 0 atom stereocenters. The highest BCUT2D eigenvalue weighted by Crippen LogP contribution is 2.57.